The number of carbonyl (C=O) groups excluding carboxylic acids is 1. The summed E-state index contributed by atoms with van der Waals surface area (Å²) in [5, 5.41) is 11.5. The first-order chi connectivity index (χ1) is 12.1. The Morgan fingerprint density at radius 1 is 1.32 bits per heavy atom. The highest BCUT2D eigenvalue weighted by molar-refractivity contribution is 6.06. The number of hydrogen-bond acceptors (Lipinski definition) is 3. The maximum Gasteiger partial charge on any atom is 0.256 e. The lowest BCUT2D eigenvalue weighted by Crippen LogP contribution is -2.48. The highest BCUT2D eigenvalue weighted by Gasteiger charge is 2.40. The lowest BCUT2D eigenvalue weighted by atomic mass is 9.89. The topological polar surface area (TPSA) is 65.6 Å². The van der Waals surface area contributed by atoms with E-state index < -0.39 is 0 Å². The second kappa shape index (κ2) is 6.46. The van der Waals surface area contributed by atoms with Gasteiger partial charge in [-0.25, -0.2) is 0 Å². The van der Waals surface area contributed by atoms with Crippen LogP contribution in [-0.2, 0) is 4.74 Å². The van der Waals surface area contributed by atoms with Crippen LogP contribution in [0.25, 0.3) is 10.9 Å². The minimum atomic E-state index is -0.377. The van der Waals surface area contributed by atoms with Crippen LogP contribution in [-0.4, -0.2) is 52.8 Å². The number of rotatable bonds is 2. The van der Waals surface area contributed by atoms with Gasteiger partial charge in [0.1, 0.15) is 0 Å². The van der Waals surface area contributed by atoms with Gasteiger partial charge in [0, 0.05) is 36.2 Å². The van der Waals surface area contributed by atoms with Crippen LogP contribution in [0.4, 0.5) is 0 Å². The normalized spacial score (nSPS) is 27.2. The summed E-state index contributed by atoms with van der Waals surface area (Å²) in [6.45, 7) is 6.02. The van der Waals surface area contributed by atoms with Crippen molar-refractivity contribution in [3.63, 3.8) is 0 Å². The zero-order chi connectivity index (χ0) is 17.6. The monoisotopic (exact) mass is 342 g/mol. The predicted molar refractivity (Wildman–Crippen MR) is 96.8 cm³/mol. The molecular formula is C20H26N2O3. The van der Waals surface area contributed by atoms with Crippen molar-refractivity contribution in [1.29, 1.82) is 0 Å². The molecule has 2 aliphatic heterocycles. The van der Waals surface area contributed by atoms with Crippen LogP contribution < -0.4 is 0 Å². The fourth-order valence-electron chi connectivity index (χ4n) is 4.42. The Morgan fingerprint density at radius 3 is 2.96 bits per heavy atom. The maximum atomic E-state index is 13.3. The number of carbonyl (C=O) groups is 1. The van der Waals surface area contributed by atoms with E-state index in [4.69, 9.17) is 4.74 Å². The molecule has 1 aromatic carbocycles. The molecule has 2 saturated heterocycles. The zero-order valence-electron chi connectivity index (χ0n) is 14.9. The fraction of sp³-hybridized carbons (Fsp3) is 0.550. The summed E-state index contributed by atoms with van der Waals surface area (Å²) < 4.78 is 5.58. The van der Waals surface area contributed by atoms with E-state index in [-0.39, 0.29) is 24.0 Å². The molecule has 4 rings (SSSR count). The van der Waals surface area contributed by atoms with Crippen LogP contribution in [0.3, 0.4) is 0 Å². The predicted octanol–water partition coefficient (Wildman–Crippen LogP) is 2.79. The van der Waals surface area contributed by atoms with Gasteiger partial charge in [-0.05, 0) is 44.7 Å². The van der Waals surface area contributed by atoms with E-state index >= 15 is 0 Å². The van der Waals surface area contributed by atoms with Crippen LogP contribution in [0.5, 0.6) is 0 Å². The number of para-hydroxylation sites is 1. The Kier molecular flexibility index (Phi) is 4.29. The van der Waals surface area contributed by atoms with Crippen molar-refractivity contribution in [3.8, 4) is 0 Å². The molecule has 134 valence electrons. The van der Waals surface area contributed by atoms with Crippen molar-refractivity contribution in [1.82, 2.24) is 9.88 Å². The number of aliphatic hydroxyl groups is 1. The summed E-state index contributed by atoms with van der Waals surface area (Å²) in [5.41, 5.74) is 3.95. The first-order valence-electron chi connectivity index (χ1n) is 9.22. The van der Waals surface area contributed by atoms with E-state index in [1.54, 1.807) is 0 Å². The van der Waals surface area contributed by atoms with E-state index in [1.807, 2.05) is 24.0 Å². The molecule has 5 nitrogen and oxygen atoms in total. The van der Waals surface area contributed by atoms with Crippen LogP contribution >= 0.6 is 0 Å². The Bertz CT molecular complexity index is 798. The largest absolute Gasteiger partial charge is 0.393 e. The number of benzene rings is 1. The van der Waals surface area contributed by atoms with Crippen molar-refractivity contribution in [2.75, 3.05) is 19.8 Å². The summed E-state index contributed by atoms with van der Waals surface area (Å²) in [6.07, 6.45) is 2.21. The molecule has 2 N–H and O–H groups in total. The number of ether oxygens (including phenoxy) is 1. The van der Waals surface area contributed by atoms with Gasteiger partial charge in [0.05, 0.1) is 23.8 Å². The highest BCUT2D eigenvalue weighted by Crippen LogP contribution is 2.32. The first-order valence-corrected chi connectivity index (χ1v) is 9.22. The Balaban J connectivity index is 1.67. The van der Waals surface area contributed by atoms with Crippen LogP contribution in [0.15, 0.2) is 18.2 Å². The number of nitrogens with one attached hydrogen (secondary N) is 1. The molecule has 3 atom stereocenters. The number of aryl methyl sites for hydroxylation is 2. The van der Waals surface area contributed by atoms with Gasteiger partial charge < -0.3 is 19.7 Å². The smallest absolute Gasteiger partial charge is 0.256 e. The number of aliphatic hydroxyl groups excluding tert-OH is 1. The number of likely N-dealkylation sites (tertiary alicyclic amines) is 1. The van der Waals surface area contributed by atoms with E-state index in [2.05, 4.69) is 18.0 Å². The number of nitrogens with zero attached hydrogens (tertiary/aromatic N) is 1. The van der Waals surface area contributed by atoms with E-state index in [0.29, 0.717) is 19.6 Å². The van der Waals surface area contributed by atoms with Crippen molar-refractivity contribution in [2.24, 2.45) is 5.92 Å². The standard InChI is InChI=1S/C20H26N2O3/c1-12-13(2)21-19-14(12)5-3-6-15(19)20(24)22-9-4-7-17(22)16-11-25-10-8-18(16)23/h3,5-6,16-18,21,23H,4,7-11H2,1-2H3/t16-,17-,18+/m1/s1. The minimum Gasteiger partial charge on any atom is -0.393 e. The number of amides is 1. The molecule has 2 fully saturated rings. The van der Waals surface area contributed by atoms with Crippen LogP contribution in [0, 0.1) is 19.8 Å². The molecule has 2 aromatic rings. The van der Waals surface area contributed by atoms with E-state index in [9.17, 15) is 9.90 Å². The molecule has 0 bridgehead atoms. The summed E-state index contributed by atoms with van der Waals surface area (Å²) >= 11 is 0. The van der Waals surface area contributed by atoms with Crippen molar-refractivity contribution >= 4 is 16.8 Å². The zero-order valence-corrected chi connectivity index (χ0v) is 14.9. The molecule has 2 aliphatic rings. The summed E-state index contributed by atoms with van der Waals surface area (Å²) in [5.74, 6) is 0.0821. The van der Waals surface area contributed by atoms with Gasteiger partial charge in [-0.15, -0.1) is 0 Å². The van der Waals surface area contributed by atoms with Crippen LogP contribution in [0.2, 0.25) is 0 Å². The molecule has 0 spiro atoms. The van der Waals surface area contributed by atoms with Gasteiger partial charge >= 0.3 is 0 Å². The van der Waals surface area contributed by atoms with Gasteiger partial charge in [-0.1, -0.05) is 12.1 Å². The SMILES string of the molecule is Cc1[nH]c2c(C(=O)N3CCC[C@@H]3[C@H]3COCC[C@@H]3O)cccc2c1C. The molecule has 1 amide bonds. The number of aromatic amines is 1. The maximum absolute atomic E-state index is 13.3. The van der Waals surface area contributed by atoms with E-state index in [0.717, 1.165) is 41.5 Å². The Hall–Kier alpha value is -1.85. The van der Waals surface area contributed by atoms with Crippen molar-refractivity contribution in [2.45, 2.75) is 45.3 Å². The third-order valence-electron chi connectivity index (χ3n) is 5.99. The summed E-state index contributed by atoms with van der Waals surface area (Å²) in [6, 6.07) is 5.99. The van der Waals surface area contributed by atoms with Crippen molar-refractivity contribution in [3.05, 3.63) is 35.0 Å². The fourth-order valence-corrected chi connectivity index (χ4v) is 4.42. The second-order valence-corrected chi connectivity index (χ2v) is 7.41. The first kappa shape index (κ1) is 16.6. The summed E-state index contributed by atoms with van der Waals surface area (Å²) in [4.78, 5) is 18.7. The van der Waals surface area contributed by atoms with Gasteiger partial charge in [-0.3, -0.25) is 4.79 Å². The Labute approximate surface area is 148 Å². The number of fused-ring (bicyclic) bond motifs is 1. The average Bonchev–Trinajstić information content (AvgIpc) is 3.20. The third kappa shape index (κ3) is 2.75. The van der Waals surface area contributed by atoms with Gasteiger partial charge in [0.2, 0.25) is 0 Å². The summed E-state index contributed by atoms with van der Waals surface area (Å²) in [7, 11) is 0. The van der Waals surface area contributed by atoms with Crippen molar-refractivity contribution < 1.29 is 14.6 Å². The molecular weight excluding hydrogens is 316 g/mol. The van der Waals surface area contributed by atoms with Gasteiger partial charge in [0.25, 0.3) is 5.91 Å². The number of aromatic nitrogens is 1. The minimum absolute atomic E-state index is 0.0199. The third-order valence-corrected chi connectivity index (χ3v) is 5.99. The van der Waals surface area contributed by atoms with Gasteiger partial charge in [-0.2, -0.15) is 0 Å². The quantitative estimate of drug-likeness (QED) is 0.882. The Morgan fingerprint density at radius 2 is 2.16 bits per heavy atom. The molecule has 25 heavy (non-hydrogen) atoms. The van der Waals surface area contributed by atoms with Gasteiger partial charge in [0.15, 0.2) is 0 Å². The van der Waals surface area contributed by atoms with E-state index in [1.165, 1.54) is 5.56 Å². The molecule has 1 aromatic heterocycles. The lowest BCUT2D eigenvalue weighted by molar-refractivity contribution is -0.0589. The van der Waals surface area contributed by atoms with Crippen LogP contribution in [0.1, 0.15) is 40.9 Å². The lowest BCUT2D eigenvalue weighted by Gasteiger charge is -2.37. The average molecular weight is 342 g/mol. The molecule has 3 heterocycles. The molecule has 0 aliphatic carbocycles. The molecule has 5 heteroatoms. The number of hydrogen-bond donors (Lipinski definition) is 2. The number of H-pyrrole nitrogens is 1. The highest BCUT2D eigenvalue weighted by atomic mass is 16.5. The molecule has 0 saturated carbocycles. The molecule has 0 unspecified atom stereocenters. The molecule has 0 radical (unpaired) electrons. The second-order valence-electron chi connectivity index (χ2n) is 7.41.